The van der Waals surface area contributed by atoms with Crippen LogP contribution in [0.1, 0.15) is 17.3 Å². The Morgan fingerprint density at radius 1 is 1.39 bits per heavy atom. The Morgan fingerprint density at radius 3 is 2.44 bits per heavy atom. The normalized spacial score (nSPS) is 11.7. The van der Waals surface area contributed by atoms with Crippen molar-refractivity contribution in [2.75, 3.05) is 7.05 Å². The van der Waals surface area contributed by atoms with Gasteiger partial charge in [0.1, 0.15) is 11.6 Å². The lowest BCUT2D eigenvalue weighted by Gasteiger charge is -2.21. The number of amides is 1. The van der Waals surface area contributed by atoms with Crippen LogP contribution in [-0.4, -0.2) is 39.9 Å². The van der Waals surface area contributed by atoms with E-state index in [0.29, 0.717) is 0 Å². The maximum absolute atomic E-state index is 12.0. The Bertz CT molecular complexity index is 500. The van der Waals surface area contributed by atoms with Crippen LogP contribution in [0.4, 0.5) is 5.69 Å². The SMILES string of the molecule is CC(C(=O)O)N(C)C(=O)c1ccccc1[N+](=O)[O-]. The smallest absolute Gasteiger partial charge is 0.326 e. The zero-order valence-electron chi connectivity index (χ0n) is 9.86. The number of hydrogen-bond donors (Lipinski definition) is 1. The summed E-state index contributed by atoms with van der Waals surface area (Å²) in [5, 5.41) is 19.6. The van der Waals surface area contributed by atoms with Crippen molar-refractivity contribution >= 4 is 17.6 Å². The molecule has 0 aliphatic carbocycles. The largest absolute Gasteiger partial charge is 0.480 e. The number of nitro groups is 1. The Kier molecular flexibility index (Phi) is 3.98. The lowest BCUT2D eigenvalue weighted by atomic mass is 10.1. The van der Waals surface area contributed by atoms with Gasteiger partial charge in [-0.1, -0.05) is 12.1 Å². The molecular formula is C11H12N2O5. The number of carbonyl (C=O) groups is 2. The van der Waals surface area contributed by atoms with Crippen molar-refractivity contribution < 1.29 is 19.6 Å². The average molecular weight is 252 g/mol. The molecule has 96 valence electrons. The van der Waals surface area contributed by atoms with Crippen LogP contribution in [0.15, 0.2) is 24.3 Å². The van der Waals surface area contributed by atoms with Gasteiger partial charge in [0, 0.05) is 13.1 Å². The van der Waals surface area contributed by atoms with E-state index in [9.17, 15) is 19.7 Å². The van der Waals surface area contributed by atoms with Crippen LogP contribution in [0.3, 0.4) is 0 Å². The van der Waals surface area contributed by atoms with Crippen LogP contribution >= 0.6 is 0 Å². The van der Waals surface area contributed by atoms with Gasteiger partial charge in [-0.2, -0.15) is 0 Å². The van der Waals surface area contributed by atoms with Gasteiger partial charge in [-0.05, 0) is 13.0 Å². The highest BCUT2D eigenvalue weighted by Gasteiger charge is 2.27. The number of carboxylic acid groups (broad SMARTS) is 1. The molecular weight excluding hydrogens is 240 g/mol. The lowest BCUT2D eigenvalue weighted by Crippen LogP contribution is -2.40. The molecule has 1 aromatic rings. The molecule has 0 aliphatic rings. The summed E-state index contributed by atoms with van der Waals surface area (Å²) in [5.74, 6) is -1.87. The van der Waals surface area contributed by atoms with E-state index in [1.165, 1.54) is 38.2 Å². The number of aliphatic carboxylic acids is 1. The molecule has 1 unspecified atom stereocenters. The van der Waals surface area contributed by atoms with Gasteiger partial charge in [-0.25, -0.2) is 4.79 Å². The molecule has 0 saturated carbocycles. The van der Waals surface area contributed by atoms with Crippen molar-refractivity contribution in [2.45, 2.75) is 13.0 Å². The molecule has 0 radical (unpaired) electrons. The minimum absolute atomic E-state index is 0.127. The van der Waals surface area contributed by atoms with Crippen LogP contribution in [0.5, 0.6) is 0 Å². The third kappa shape index (κ3) is 2.62. The van der Waals surface area contributed by atoms with Crippen molar-refractivity contribution in [3.8, 4) is 0 Å². The number of carboxylic acids is 1. The fraction of sp³-hybridized carbons (Fsp3) is 0.273. The van der Waals surface area contributed by atoms with E-state index in [4.69, 9.17) is 5.11 Å². The number of para-hydroxylation sites is 1. The summed E-state index contributed by atoms with van der Waals surface area (Å²) in [5.41, 5.74) is -0.468. The highest BCUT2D eigenvalue weighted by Crippen LogP contribution is 2.19. The van der Waals surface area contributed by atoms with E-state index in [2.05, 4.69) is 0 Å². The Labute approximate surface area is 103 Å². The van der Waals surface area contributed by atoms with Gasteiger partial charge >= 0.3 is 5.97 Å². The molecule has 0 fully saturated rings. The first-order valence-electron chi connectivity index (χ1n) is 5.09. The molecule has 0 bridgehead atoms. The maximum atomic E-state index is 12.0. The van der Waals surface area contributed by atoms with E-state index in [1.807, 2.05) is 0 Å². The summed E-state index contributed by atoms with van der Waals surface area (Å²) < 4.78 is 0. The van der Waals surface area contributed by atoms with Crippen LogP contribution in [0.2, 0.25) is 0 Å². The molecule has 1 N–H and O–H groups in total. The molecule has 0 heterocycles. The Balaban J connectivity index is 3.11. The van der Waals surface area contributed by atoms with Gasteiger partial charge in [0.05, 0.1) is 4.92 Å². The lowest BCUT2D eigenvalue weighted by molar-refractivity contribution is -0.385. The number of nitro benzene ring substituents is 1. The predicted molar refractivity (Wildman–Crippen MR) is 62.3 cm³/mol. The number of likely N-dealkylation sites (N-methyl/N-ethyl adjacent to an activating group) is 1. The first kappa shape index (κ1) is 13.6. The van der Waals surface area contributed by atoms with E-state index in [0.717, 1.165) is 4.90 Å². The zero-order chi connectivity index (χ0) is 13.9. The number of carbonyl (C=O) groups excluding carboxylic acids is 1. The molecule has 1 aromatic carbocycles. The van der Waals surface area contributed by atoms with Gasteiger partial charge in [-0.15, -0.1) is 0 Å². The van der Waals surface area contributed by atoms with Crippen molar-refractivity contribution in [1.29, 1.82) is 0 Å². The fourth-order valence-corrected chi connectivity index (χ4v) is 1.35. The summed E-state index contributed by atoms with van der Waals surface area (Å²) in [6.45, 7) is 1.33. The number of hydrogen-bond acceptors (Lipinski definition) is 4. The minimum atomic E-state index is -1.18. The van der Waals surface area contributed by atoms with Crippen molar-refractivity contribution in [3.63, 3.8) is 0 Å². The average Bonchev–Trinajstić information content (AvgIpc) is 2.35. The number of benzene rings is 1. The highest BCUT2D eigenvalue weighted by molar-refractivity contribution is 5.99. The maximum Gasteiger partial charge on any atom is 0.326 e. The fourth-order valence-electron chi connectivity index (χ4n) is 1.35. The summed E-state index contributed by atoms with van der Waals surface area (Å²) in [7, 11) is 1.29. The summed E-state index contributed by atoms with van der Waals surface area (Å²) in [4.78, 5) is 33.8. The minimum Gasteiger partial charge on any atom is -0.480 e. The first-order chi connectivity index (χ1) is 8.36. The second kappa shape index (κ2) is 5.26. The van der Waals surface area contributed by atoms with Gasteiger partial charge in [-0.3, -0.25) is 14.9 Å². The second-order valence-electron chi connectivity index (χ2n) is 3.70. The topological polar surface area (TPSA) is 101 Å². The molecule has 0 aliphatic heterocycles. The Morgan fingerprint density at radius 2 is 1.94 bits per heavy atom. The monoisotopic (exact) mass is 252 g/mol. The van der Waals surface area contributed by atoms with E-state index in [1.54, 1.807) is 0 Å². The van der Waals surface area contributed by atoms with Crippen LogP contribution in [0, 0.1) is 10.1 Å². The molecule has 1 amide bonds. The highest BCUT2D eigenvalue weighted by atomic mass is 16.6. The molecule has 1 atom stereocenters. The Hall–Kier alpha value is -2.44. The van der Waals surface area contributed by atoms with Gasteiger partial charge in [0.15, 0.2) is 0 Å². The number of rotatable bonds is 4. The second-order valence-corrected chi connectivity index (χ2v) is 3.70. The van der Waals surface area contributed by atoms with Crippen LogP contribution in [0.25, 0.3) is 0 Å². The molecule has 0 spiro atoms. The van der Waals surface area contributed by atoms with Crippen molar-refractivity contribution in [1.82, 2.24) is 4.90 Å². The van der Waals surface area contributed by atoms with E-state index >= 15 is 0 Å². The van der Waals surface area contributed by atoms with Gasteiger partial charge in [0.25, 0.3) is 11.6 Å². The molecule has 7 nitrogen and oxygen atoms in total. The summed E-state index contributed by atoms with van der Waals surface area (Å²) >= 11 is 0. The molecule has 7 heteroatoms. The quantitative estimate of drug-likeness (QED) is 0.639. The summed E-state index contributed by atoms with van der Waals surface area (Å²) in [6, 6.07) is 4.37. The van der Waals surface area contributed by atoms with Crippen molar-refractivity contribution in [2.24, 2.45) is 0 Å². The van der Waals surface area contributed by atoms with Crippen LogP contribution < -0.4 is 0 Å². The third-order valence-corrected chi connectivity index (χ3v) is 2.59. The zero-order valence-corrected chi connectivity index (χ0v) is 9.86. The van der Waals surface area contributed by atoms with E-state index in [-0.39, 0.29) is 11.3 Å². The van der Waals surface area contributed by atoms with Gasteiger partial charge in [0.2, 0.25) is 0 Å². The molecule has 0 saturated heterocycles. The standard InChI is InChI=1S/C11H12N2O5/c1-7(11(15)16)12(2)10(14)8-5-3-4-6-9(8)13(17)18/h3-7H,1-2H3,(H,15,16). The van der Waals surface area contributed by atoms with Gasteiger partial charge < -0.3 is 10.0 Å². The number of nitrogens with zero attached hydrogens (tertiary/aromatic N) is 2. The first-order valence-corrected chi connectivity index (χ1v) is 5.09. The van der Waals surface area contributed by atoms with Crippen molar-refractivity contribution in [3.05, 3.63) is 39.9 Å². The predicted octanol–water partition coefficient (Wildman–Crippen LogP) is 1.14. The van der Waals surface area contributed by atoms with Crippen LogP contribution in [-0.2, 0) is 4.79 Å². The molecule has 18 heavy (non-hydrogen) atoms. The third-order valence-electron chi connectivity index (χ3n) is 2.59. The summed E-state index contributed by atoms with van der Waals surface area (Å²) in [6.07, 6.45) is 0. The molecule has 0 aromatic heterocycles. The molecule has 1 rings (SSSR count). The van der Waals surface area contributed by atoms with E-state index < -0.39 is 22.8 Å².